The Labute approximate surface area is 214 Å². The number of amides is 4. The van der Waals surface area contributed by atoms with Gasteiger partial charge >= 0.3 is 24.2 Å². The van der Waals surface area contributed by atoms with E-state index >= 15 is 0 Å². The summed E-state index contributed by atoms with van der Waals surface area (Å²) < 4.78 is 44.5. The molecule has 0 radical (unpaired) electrons. The van der Waals surface area contributed by atoms with Crippen molar-refractivity contribution in [3.63, 3.8) is 0 Å². The van der Waals surface area contributed by atoms with Crippen LogP contribution in [-0.4, -0.2) is 85.7 Å². The van der Waals surface area contributed by atoms with E-state index in [0.29, 0.717) is 50.4 Å². The highest BCUT2D eigenvalue weighted by Gasteiger charge is 2.38. The SMILES string of the molecule is CCCNC(=O)N1CCCN(CC2=C(C(=O)OCC)C(c3ccc(C(F)(F)F)cc3)NC(=O)N2C)CC1. The second kappa shape index (κ2) is 12.3. The predicted molar refractivity (Wildman–Crippen MR) is 130 cm³/mol. The zero-order valence-corrected chi connectivity index (χ0v) is 21.4. The van der Waals surface area contributed by atoms with Crippen LogP contribution in [0.1, 0.15) is 43.9 Å². The minimum atomic E-state index is -4.51. The van der Waals surface area contributed by atoms with Gasteiger partial charge in [0, 0.05) is 52.0 Å². The summed E-state index contributed by atoms with van der Waals surface area (Å²) in [6.45, 7) is 6.79. The lowest BCUT2D eigenvalue weighted by Gasteiger charge is -2.36. The van der Waals surface area contributed by atoms with Gasteiger partial charge in [0.1, 0.15) is 0 Å². The lowest BCUT2D eigenvalue weighted by molar-refractivity contribution is -0.139. The molecule has 1 fully saturated rings. The van der Waals surface area contributed by atoms with Crippen molar-refractivity contribution in [2.75, 3.05) is 52.9 Å². The number of nitrogens with zero attached hydrogens (tertiary/aromatic N) is 3. The van der Waals surface area contributed by atoms with Crippen molar-refractivity contribution in [3.05, 3.63) is 46.7 Å². The smallest absolute Gasteiger partial charge is 0.416 e. The summed E-state index contributed by atoms with van der Waals surface area (Å²) in [7, 11) is 1.54. The number of rotatable bonds is 7. The van der Waals surface area contributed by atoms with Gasteiger partial charge in [-0.25, -0.2) is 14.4 Å². The number of ether oxygens (including phenoxy) is 1. The van der Waals surface area contributed by atoms with Crippen molar-refractivity contribution >= 4 is 18.0 Å². The first-order valence-electron chi connectivity index (χ1n) is 12.4. The molecule has 0 bridgehead atoms. The number of urea groups is 2. The van der Waals surface area contributed by atoms with Crippen LogP contribution in [0.3, 0.4) is 0 Å². The highest BCUT2D eigenvalue weighted by molar-refractivity contribution is 5.95. The number of benzene rings is 1. The van der Waals surface area contributed by atoms with Crippen LogP contribution in [0.15, 0.2) is 35.5 Å². The summed E-state index contributed by atoms with van der Waals surface area (Å²) in [5.41, 5.74) is 0.0978. The number of hydrogen-bond acceptors (Lipinski definition) is 5. The van der Waals surface area contributed by atoms with Gasteiger partial charge in [0.2, 0.25) is 0 Å². The Kier molecular flexibility index (Phi) is 9.41. The fourth-order valence-corrected chi connectivity index (χ4v) is 4.40. The van der Waals surface area contributed by atoms with Crippen LogP contribution in [0, 0.1) is 0 Å². The molecule has 2 aliphatic heterocycles. The molecule has 9 nitrogen and oxygen atoms in total. The molecule has 1 saturated heterocycles. The molecule has 1 unspecified atom stereocenters. The van der Waals surface area contributed by atoms with Crippen molar-refractivity contribution in [3.8, 4) is 0 Å². The molecule has 0 saturated carbocycles. The van der Waals surface area contributed by atoms with E-state index in [2.05, 4.69) is 15.5 Å². The number of halogens is 3. The van der Waals surface area contributed by atoms with Gasteiger partial charge in [0.05, 0.1) is 23.8 Å². The molecule has 0 aromatic heterocycles. The van der Waals surface area contributed by atoms with Crippen molar-refractivity contribution in [2.45, 2.75) is 38.9 Å². The monoisotopic (exact) mass is 525 g/mol. The van der Waals surface area contributed by atoms with Crippen LogP contribution in [0.5, 0.6) is 0 Å². The standard InChI is InChI=1S/C25H34F3N5O4/c1-4-11-29-23(35)33-13-6-12-32(14-15-33)16-19-20(22(34)37-5-2)21(30-24(36)31(19)3)17-7-9-18(10-8-17)25(26,27)28/h7-10,21H,4-6,11-16H2,1-3H3,(H,29,35)(H,30,36). The summed E-state index contributed by atoms with van der Waals surface area (Å²) >= 11 is 0. The summed E-state index contributed by atoms with van der Waals surface area (Å²) in [5.74, 6) is -0.648. The molecule has 0 spiro atoms. The molecule has 1 aromatic carbocycles. The Morgan fingerprint density at radius 1 is 1.11 bits per heavy atom. The Balaban J connectivity index is 1.90. The van der Waals surface area contributed by atoms with E-state index in [9.17, 15) is 27.6 Å². The largest absolute Gasteiger partial charge is 0.463 e. The molecule has 2 aliphatic rings. The second-order valence-corrected chi connectivity index (χ2v) is 8.99. The van der Waals surface area contributed by atoms with Crippen LogP contribution in [0.25, 0.3) is 0 Å². The van der Waals surface area contributed by atoms with Crippen molar-refractivity contribution in [2.24, 2.45) is 0 Å². The molecule has 12 heteroatoms. The lowest BCUT2D eigenvalue weighted by Crippen LogP contribution is -2.49. The van der Waals surface area contributed by atoms with E-state index in [4.69, 9.17) is 4.74 Å². The average molecular weight is 526 g/mol. The summed E-state index contributed by atoms with van der Waals surface area (Å²) in [6, 6.07) is 2.80. The molecule has 0 aliphatic carbocycles. The highest BCUT2D eigenvalue weighted by Crippen LogP contribution is 2.34. The minimum absolute atomic E-state index is 0.0958. The van der Waals surface area contributed by atoms with E-state index in [1.54, 1.807) is 11.8 Å². The first-order chi connectivity index (χ1) is 17.6. The van der Waals surface area contributed by atoms with E-state index in [1.807, 2.05) is 6.92 Å². The Morgan fingerprint density at radius 2 is 1.81 bits per heavy atom. The van der Waals surface area contributed by atoms with Crippen LogP contribution in [-0.2, 0) is 15.7 Å². The van der Waals surface area contributed by atoms with Crippen LogP contribution in [0.2, 0.25) is 0 Å². The molecule has 204 valence electrons. The highest BCUT2D eigenvalue weighted by atomic mass is 19.4. The van der Waals surface area contributed by atoms with Gasteiger partial charge in [0.15, 0.2) is 0 Å². The first-order valence-corrected chi connectivity index (χ1v) is 12.4. The summed E-state index contributed by atoms with van der Waals surface area (Å²) in [5, 5.41) is 5.60. The summed E-state index contributed by atoms with van der Waals surface area (Å²) in [6.07, 6.45) is -2.96. The fourth-order valence-electron chi connectivity index (χ4n) is 4.40. The number of carbonyl (C=O) groups excluding carboxylic acids is 3. The minimum Gasteiger partial charge on any atom is -0.463 e. The van der Waals surface area contributed by atoms with E-state index < -0.39 is 29.8 Å². The van der Waals surface area contributed by atoms with Gasteiger partial charge in [-0.15, -0.1) is 0 Å². The molecule has 1 atom stereocenters. The quantitative estimate of drug-likeness (QED) is 0.533. The molecule has 2 heterocycles. The molecule has 2 N–H and O–H groups in total. The Bertz CT molecular complexity index is 1010. The second-order valence-electron chi connectivity index (χ2n) is 8.99. The third-order valence-corrected chi connectivity index (χ3v) is 6.42. The Hall–Kier alpha value is -3.28. The molecular weight excluding hydrogens is 491 g/mol. The normalized spacial score (nSPS) is 19.4. The fraction of sp³-hybridized carbons (Fsp3) is 0.560. The van der Waals surface area contributed by atoms with Crippen LogP contribution in [0.4, 0.5) is 22.8 Å². The molecule has 1 aromatic rings. The van der Waals surface area contributed by atoms with E-state index in [-0.39, 0.29) is 24.8 Å². The van der Waals surface area contributed by atoms with E-state index in [1.165, 1.54) is 24.1 Å². The van der Waals surface area contributed by atoms with Crippen molar-refractivity contribution < 1.29 is 32.3 Å². The topological polar surface area (TPSA) is 94.2 Å². The maximum atomic E-state index is 13.1. The number of hydrogen-bond donors (Lipinski definition) is 2. The number of esters is 1. The lowest BCUT2D eigenvalue weighted by atomic mass is 9.93. The van der Waals surface area contributed by atoms with Crippen LogP contribution < -0.4 is 10.6 Å². The van der Waals surface area contributed by atoms with Crippen molar-refractivity contribution in [1.82, 2.24) is 25.3 Å². The molecule has 3 rings (SSSR count). The third-order valence-electron chi connectivity index (χ3n) is 6.42. The van der Waals surface area contributed by atoms with Gasteiger partial charge in [-0.1, -0.05) is 19.1 Å². The maximum Gasteiger partial charge on any atom is 0.416 e. The van der Waals surface area contributed by atoms with Gasteiger partial charge in [0.25, 0.3) is 0 Å². The molecule has 4 amide bonds. The Morgan fingerprint density at radius 3 is 2.43 bits per heavy atom. The van der Waals surface area contributed by atoms with Gasteiger partial charge in [-0.2, -0.15) is 13.2 Å². The maximum absolute atomic E-state index is 13.1. The first kappa shape index (κ1) is 28.3. The zero-order chi connectivity index (χ0) is 27.2. The van der Waals surface area contributed by atoms with Gasteiger partial charge in [-0.3, -0.25) is 9.80 Å². The van der Waals surface area contributed by atoms with Gasteiger partial charge < -0.3 is 20.3 Å². The van der Waals surface area contributed by atoms with Crippen LogP contribution >= 0.6 is 0 Å². The third kappa shape index (κ3) is 6.94. The zero-order valence-electron chi connectivity index (χ0n) is 21.4. The number of alkyl halides is 3. The predicted octanol–water partition coefficient (Wildman–Crippen LogP) is 3.35. The number of likely N-dealkylation sites (N-methyl/N-ethyl adjacent to an activating group) is 1. The number of nitrogens with one attached hydrogen (secondary N) is 2. The number of carbonyl (C=O) groups is 3. The molecule has 37 heavy (non-hydrogen) atoms. The molecular formula is C25H34F3N5O4. The average Bonchev–Trinajstić information content (AvgIpc) is 3.10. The summed E-state index contributed by atoms with van der Waals surface area (Å²) in [4.78, 5) is 43.5. The van der Waals surface area contributed by atoms with Crippen molar-refractivity contribution in [1.29, 1.82) is 0 Å². The van der Waals surface area contributed by atoms with E-state index in [0.717, 1.165) is 18.6 Å². The van der Waals surface area contributed by atoms with Gasteiger partial charge in [-0.05, 0) is 37.5 Å².